The van der Waals surface area contributed by atoms with Crippen LogP contribution in [0.25, 0.3) is 0 Å². The summed E-state index contributed by atoms with van der Waals surface area (Å²) in [4.78, 5) is 13.4. The van der Waals surface area contributed by atoms with Crippen LogP contribution in [0.5, 0.6) is 0 Å². The number of hydrogen-bond donors (Lipinski definition) is 2. The molecule has 4 nitrogen and oxygen atoms in total. The van der Waals surface area contributed by atoms with Crippen molar-refractivity contribution in [3.8, 4) is 0 Å². The van der Waals surface area contributed by atoms with Crippen LogP contribution in [0.4, 0.5) is 0 Å². The second-order valence-corrected chi connectivity index (χ2v) is 5.09. The SMILES string of the molecule is CCN1CCCC(C2CNC(C(=O)O)C2)C1. The van der Waals surface area contributed by atoms with Gasteiger partial charge in [0.05, 0.1) is 0 Å². The Balaban J connectivity index is 1.86. The molecule has 2 saturated heterocycles. The lowest BCUT2D eigenvalue weighted by molar-refractivity contribution is -0.139. The van der Waals surface area contributed by atoms with Crippen molar-refractivity contribution in [1.29, 1.82) is 0 Å². The van der Waals surface area contributed by atoms with Gasteiger partial charge in [-0.1, -0.05) is 6.92 Å². The van der Waals surface area contributed by atoms with Crippen LogP contribution in [0.3, 0.4) is 0 Å². The van der Waals surface area contributed by atoms with Gasteiger partial charge in [0.1, 0.15) is 6.04 Å². The van der Waals surface area contributed by atoms with Gasteiger partial charge in [-0.15, -0.1) is 0 Å². The van der Waals surface area contributed by atoms with Crippen molar-refractivity contribution < 1.29 is 9.90 Å². The molecule has 0 bridgehead atoms. The zero-order valence-corrected chi connectivity index (χ0v) is 9.98. The number of aliphatic carboxylic acids is 1. The fourth-order valence-corrected chi connectivity index (χ4v) is 3.07. The van der Waals surface area contributed by atoms with Crippen molar-refractivity contribution >= 4 is 5.97 Å². The van der Waals surface area contributed by atoms with Crippen molar-refractivity contribution in [2.75, 3.05) is 26.2 Å². The molecule has 0 aromatic rings. The Bertz CT molecular complexity index is 257. The minimum atomic E-state index is -0.689. The Kier molecular flexibility index (Phi) is 3.82. The molecular weight excluding hydrogens is 204 g/mol. The number of likely N-dealkylation sites (tertiary alicyclic amines) is 1. The van der Waals surface area contributed by atoms with Crippen LogP contribution in [-0.2, 0) is 4.79 Å². The van der Waals surface area contributed by atoms with Crippen molar-refractivity contribution in [3.05, 3.63) is 0 Å². The molecule has 2 aliphatic heterocycles. The minimum Gasteiger partial charge on any atom is -0.480 e. The van der Waals surface area contributed by atoms with Gasteiger partial charge < -0.3 is 15.3 Å². The van der Waals surface area contributed by atoms with Crippen LogP contribution in [0, 0.1) is 11.8 Å². The molecule has 2 fully saturated rings. The van der Waals surface area contributed by atoms with Crippen LogP contribution < -0.4 is 5.32 Å². The first-order valence-corrected chi connectivity index (χ1v) is 6.39. The molecule has 4 heteroatoms. The number of rotatable bonds is 3. The molecule has 0 amide bonds. The fourth-order valence-electron chi connectivity index (χ4n) is 3.07. The van der Waals surface area contributed by atoms with Gasteiger partial charge in [0.15, 0.2) is 0 Å². The first kappa shape index (κ1) is 11.9. The largest absolute Gasteiger partial charge is 0.480 e. The third-order valence-corrected chi connectivity index (χ3v) is 4.12. The second kappa shape index (κ2) is 5.15. The van der Waals surface area contributed by atoms with E-state index in [1.54, 1.807) is 0 Å². The summed E-state index contributed by atoms with van der Waals surface area (Å²) < 4.78 is 0. The lowest BCUT2D eigenvalue weighted by Gasteiger charge is -2.34. The van der Waals surface area contributed by atoms with E-state index >= 15 is 0 Å². The molecule has 2 N–H and O–H groups in total. The molecule has 0 aromatic carbocycles. The van der Waals surface area contributed by atoms with Gasteiger partial charge in [0.25, 0.3) is 0 Å². The molecule has 2 heterocycles. The number of nitrogens with zero attached hydrogens (tertiary/aromatic N) is 1. The van der Waals surface area contributed by atoms with E-state index in [4.69, 9.17) is 5.11 Å². The highest BCUT2D eigenvalue weighted by Crippen LogP contribution is 2.29. The Morgan fingerprint density at radius 3 is 2.94 bits per heavy atom. The van der Waals surface area contributed by atoms with E-state index in [0.717, 1.165) is 26.1 Å². The average Bonchev–Trinajstić information content (AvgIpc) is 2.78. The molecule has 0 aromatic heterocycles. The maximum Gasteiger partial charge on any atom is 0.320 e. The Labute approximate surface area is 97.0 Å². The molecular formula is C12H22N2O2. The summed E-state index contributed by atoms with van der Waals surface area (Å²) in [6.45, 7) is 6.60. The summed E-state index contributed by atoms with van der Waals surface area (Å²) in [5.41, 5.74) is 0. The number of carbonyl (C=O) groups is 1. The predicted molar refractivity (Wildman–Crippen MR) is 62.4 cm³/mol. The predicted octanol–water partition coefficient (Wildman–Crippen LogP) is 0.781. The van der Waals surface area contributed by atoms with Crippen molar-refractivity contribution in [3.63, 3.8) is 0 Å². The van der Waals surface area contributed by atoms with E-state index in [0.29, 0.717) is 11.8 Å². The highest BCUT2D eigenvalue weighted by atomic mass is 16.4. The zero-order chi connectivity index (χ0) is 11.5. The van der Waals surface area contributed by atoms with E-state index in [-0.39, 0.29) is 6.04 Å². The van der Waals surface area contributed by atoms with Crippen LogP contribution in [0.2, 0.25) is 0 Å². The van der Waals surface area contributed by atoms with Gasteiger partial charge in [-0.3, -0.25) is 4.79 Å². The minimum absolute atomic E-state index is 0.304. The van der Waals surface area contributed by atoms with Gasteiger partial charge in [0.2, 0.25) is 0 Å². The molecule has 0 saturated carbocycles. The first-order chi connectivity index (χ1) is 7.70. The third-order valence-electron chi connectivity index (χ3n) is 4.12. The zero-order valence-electron chi connectivity index (χ0n) is 9.98. The topological polar surface area (TPSA) is 52.6 Å². The van der Waals surface area contributed by atoms with Gasteiger partial charge in [-0.25, -0.2) is 0 Å². The first-order valence-electron chi connectivity index (χ1n) is 6.39. The quantitative estimate of drug-likeness (QED) is 0.747. The van der Waals surface area contributed by atoms with Crippen LogP contribution in [0.15, 0.2) is 0 Å². The molecule has 3 atom stereocenters. The fraction of sp³-hybridized carbons (Fsp3) is 0.917. The number of carboxylic acids is 1. The maximum absolute atomic E-state index is 10.9. The van der Waals surface area contributed by atoms with E-state index < -0.39 is 5.97 Å². The second-order valence-electron chi connectivity index (χ2n) is 5.09. The summed E-state index contributed by atoms with van der Waals surface area (Å²) in [6, 6.07) is -0.304. The summed E-state index contributed by atoms with van der Waals surface area (Å²) in [7, 11) is 0. The van der Waals surface area contributed by atoms with Gasteiger partial charge in [0, 0.05) is 6.54 Å². The van der Waals surface area contributed by atoms with Crippen LogP contribution in [0.1, 0.15) is 26.2 Å². The van der Waals surface area contributed by atoms with Crippen molar-refractivity contribution in [2.24, 2.45) is 11.8 Å². The Hall–Kier alpha value is -0.610. The molecule has 92 valence electrons. The normalized spacial score (nSPS) is 36.4. The standard InChI is InChI=1S/C12H22N2O2/c1-2-14-5-3-4-9(8-14)10-6-11(12(15)16)13-7-10/h9-11,13H,2-8H2,1H3,(H,15,16). The highest BCUT2D eigenvalue weighted by molar-refractivity contribution is 5.73. The maximum atomic E-state index is 10.9. The van der Waals surface area contributed by atoms with E-state index in [1.807, 2.05) is 0 Å². The van der Waals surface area contributed by atoms with Crippen LogP contribution >= 0.6 is 0 Å². The molecule has 0 radical (unpaired) electrons. The summed E-state index contributed by atoms with van der Waals surface area (Å²) in [6.07, 6.45) is 3.36. The monoisotopic (exact) mass is 226 g/mol. The Morgan fingerprint density at radius 2 is 2.31 bits per heavy atom. The van der Waals surface area contributed by atoms with Crippen molar-refractivity contribution in [2.45, 2.75) is 32.2 Å². The number of hydrogen-bond acceptors (Lipinski definition) is 3. The highest BCUT2D eigenvalue weighted by Gasteiger charge is 2.35. The van der Waals surface area contributed by atoms with Crippen LogP contribution in [-0.4, -0.2) is 48.2 Å². The Morgan fingerprint density at radius 1 is 1.50 bits per heavy atom. The smallest absolute Gasteiger partial charge is 0.320 e. The van der Waals surface area contributed by atoms with Gasteiger partial charge >= 0.3 is 5.97 Å². The van der Waals surface area contributed by atoms with E-state index in [9.17, 15) is 4.79 Å². The molecule has 2 rings (SSSR count). The summed E-state index contributed by atoms with van der Waals surface area (Å²) in [5.74, 6) is 0.576. The molecule has 16 heavy (non-hydrogen) atoms. The van der Waals surface area contributed by atoms with E-state index in [1.165, 1.54) is 19.4 Å². The van der Waals surface area contributed by atoms with E-state index in [2.05, 4.69) is 17.1 Å². The number of nitrogens with one attached hydrogen (secondary N) is 1. The lowest BCUT2D eigenvalue weighted by atomic mass is 9.84. The number of piperidine rings is 1. The number of carboxylic acid groups (broad SMARTS) is 1. The average molecular weight is 226 g/mol. The molecule has 3 unspecified atom stereocenters. The molecule has 2 aliphatic rings. The summed E-state index contributed by atoms with van der Waals surface area (Å²) >= 11 is 0. The van der Waals surface area contributed by atoms with Crippen molar-refractivity contribution in [1.82, 2.24) is 10.2 Å². The lowest BCUT2D eigenvalue weighted by Crippen LogP contribution is -2.38. The molecule has 0 aliphatic carbocycles. The van der Waals surface area contributed by atoms with Gasteiger partial charge in [-0.2, -0.15) is 0 Å². The van der Waals surface area contributed by atoms with Gasteiger partial charge in [-0.05, 0) is 50.7 Å². The third kappa shape index (κ3) is 2.55. The summed E-state index contributed by atoms with van der Waals surface area (Å²) in [5, 5.41) is 12.1. The molecule has 0 spiro atoms.